The van der Waals surface area contributed by atoms with Crippen molar-refractivity contribution in [3.8, 4) is 5.75 Å². The highest BCUT2D eigenvalue weighted by molar-refractivity contribution is 8.01. The van der Waals surface area contributed by atoms with Gasteiger partial charge in [0.15, 0.2) is 4.34 Å². The van der Waals surface area contributed by atoms with Crippen molar-refractivity contribution >= 4 is 40.8 Å². The van der Waals surface area contributed by atoms with Gasteiger partial charge in [0.1, 0.15) is 22.8 Å². The Kier molecular flexibility index (Phi) is 13.6. The van der Waals surface area contributed by atoms with Gasteiger partial charge in [0.2, 0.25) is 17.7 Å². The van der Waals surface area contributed by atoms with E-state index in [0.717, 1.165) is 27.3 Å². The van der Waals surface area contributed by atoms with Gasteiger partial charge in [-0.25, -0.2) is 0 Å². The van der Waals surface area contributed by atoms with Crippen LogP contribution in [0.3, 0.4) is 0 Å². The number of nitrogens with one attached hydrogen (secondary N) is 4. The summed E-state index contributed by atoms with van der Waals surface area (Å²) in [7, 11) is 1.58. The van der Waals surface area contributed by atoms with E-state index in [1.807, 2.05) is 94.4 Å². The zero-order valence-corrected chi connectivity index (χ0v) is 32.2. The SMILES string of the molecule is COc1ccc(CN[C@@H](C(=O)NC2c3ccccc3CC2O)[C@@H](O)[C@H](Cc2ccccc2)NC(=O)[C@@H](NC(=O)CSc2nnc(C)s2)C(C)(C)C)cc1. The third-order valence-corrected chi connectivity index (χ3v) is 11.1. The first-order chi connectivity index (χ1) is 25.3. The van der Waals surface area contributed by atoms with Gasteiger partial charge in [-0.2, -0.15) is 0 Å². The molecule has 4 aromatic rings. The molecule has 0 fully saturated rings. The van der Waals surface area contributed by atoms with Crippen LogP contribution in [0.15, 0.2) is 83.2 Å². The average molecular weight is 761 g/mol. The lowest BCUT2D eigenvalue weighted by Gasteiger charge is -2.35. The lowest BCUT2D eigenvalue weighted by atomic mass is 9.85. The Hall–Kier alpha value is -4.34. The number of hydrogen-bond acceptors (Lipinski definition) is 11. The summed E-state index contributed by atoms with van der Waals surface area (Å²) in [5.41, 5.74) is 2.71. The number of amides is 3. The van der Waals surface area contributed by atoms with Crippen molar-refractivity contribution in [1.82, 2.24) is 31.5 Å². The Labute approximate surface area is 318 Å². The van der Waals surface area contributed by atoms with Crippen molar-refractivity contribution in [2.75, 3.05) is 12.9 Å². The molecule has 1 heterocycles. The number of fused-ring (bicyclic) bond motifs is 1. The summed E-state index contributed by atoms with van der Waals surface area (Å²) in [5, 5.41) is 44.1. The smallest absolute Gasteiger partial charge is 0.243 e. The lowest BCUT2D eigenvalue weighted by Crippen LogP contribution is -2.62. The Morgan fingerprint density at radius 2 is 1.64 bits per heavy atom. The Balaban J connectivity index is 1.40. The van der Waals surface area contributed by atoms with Crippen molar-refractivity contribution in [2.24, 2.45) is 5.41 Å². The molecular weight excluding hydrogens is 713 g/mol. The minimum atomic E-state index is -1.45. The number of aryl methyl sites for hydroxylation is 1. The number of carbonyl (C=O) groups is 3. The first kappa shape index (κ1) is 39.9. The molecule has 1 aliphatic rings. The van der Waals surface area contributed by atoms with Crippen molar-refractivity contribution in [2.45, 2.75) is 87.8 Å². The van der Waals surface area contributed by atoms with Gasteiger partial charge in [-0.15, -0.1) is 10.2 Å². The maximum atomic E-state index is 14.2. The number of rotatable bonds is 16. The highest BCUT2D eigenvalue weighted by Gasteiger charge is 2.40. The van der Waals surface area contributed by atoms with Crippen LogP contribution in [0.2, 0.25) is 0 Å². The third kappa shape index (κ3) is 10.9. The molecule has 0 saturated heterocycles. The quantitative estimate of drug-likeness (QED) is 0.0929. The lowest BCUT2D eigenvalue weighted by molar-refractivity contribution is -0.133. The van der Waals surface area contributed by atoms with Crippen LogP contribution in [-0.4, -0.2) is 81.3 Å². The van der Waals surface area contributed by atoms with E-state index in [1.165, 1.54) is 23.1 Å². The second kappa shape index (κ2) is 18.1. The van der Waals surface area contributed by atoms with E-state index in [-0.39, 0.29) is 24.6 Å². The molecule has 1 aliphatic carbocycles. The van der Waals surface area contributed by atoms with Crippen LogP contribution in [0.4, 0.5) is 0 Å². The molecule has 2 unspecified atom stereocenters. The van der Waals surface area contributed by atoms with Gasteiger partial charge in [-0.3, -0.25) is 19.7 Å². The van der Waals surface area contributed by atoms with Gasteiger partial charge in [0, 0.05) is 13.0 Å². The molecule has 3 amide bonds. The number of thioether (sulfide) groups is 1. The van der Waals surface area contributed by atoms with Crippen molar-refractivity contribution in [1.29, 1.82) is 0 Å². The van der Waals surface area contributed by atoms with Gasteiger partial charge < -0.3 is 30.9 Å². The van der Waals surface area contributed by atoms with E-state index >= 15 is 0 Å². The van der Waals surface area contributed by atoms with E-state index in [9.17, 15) is 24.6 Å². The second-order valence-corrected chi connectivity index (χ2v) is 16.6. The molecule has 5 rings (SSSR count). The van der Waals surface area contributed by atoms with Gasteiger partial charge in [-0.05, 0) is 53.1 Å². The number of aromatic nitrogens is 2. The molecule has 0 aliphatic heterocycles. The molecule has 282 valence electrons. The molecule has 6 N–H and O–H groups in total. The fraction of sp³-hybridized carbons (Fsp3) is 0.410. The molecule has 0 spiro atoms. The van der Waals surface area contributed by atoms with E-state index in [0.29, 0.717) is 16.5 Å². The zero-order valence-electron chi connectivity index (χ0n) is 30.5. The second-order valence-electron chi connectivity index (χ2n) is 14.2. The van der Waals surface area contributed by atoms with Crippen LogP contribution in [0.1, 0.15) is 54.1 Å². The first-order valence-electron chi connectivity index (χ1n) is 17.5. The number of aliphatic hydroxyl groups is 2. The zero-order chi connectivity index (χ0) is 38.1. The maximum absolute atomic E-state index is 14.2. The van der Waals surface area contributed by atoms with E-state index in [4.69, 9.17) is 4.74 Å². The summed E-state index contributed by atoms with van der Waals surface area (Å²) >= 11 is 2.62. The highest BCUT2D eigenvalue weighted by atomic mass is 32.2. The summed E-state index contributed by atoms with van der Waals surface area (Å²) in [5.74, 6) is -0.678. The van der Waals surface area contributed by atoms with Crippen LogP contribution in [0.5, 0.6) is 5.75 Å². The molecule has 53 heavy (non-hydrogen) atoms. The minimum Gasteiger partial charge on any atom is -0.497 e. The van der Waals surface area contributed by atoms with E-state index in [2.05, 4.69) is 31.5 Å². The van der Waals surface area contributed by atoms with Gasteiger partial charge in [0.25, 0.3) is 0 Å². The fourth-order valence-corrected chi connectivity index (χ4v) is 7.92. The van der Waals surface area contributed by atoms with Crippen LogP contribution in [0.25, 0.3) is 0 Å². The summed E-state index contributed by atoms with van der Waals surface area (Å²) in [6.07, 6.45) is -1.72. The molecule has 1 aromatic heterocycles. The molecule has 6 atom stereocenters. The van der Waals surface area contributed by atoms with Crippen molar-refractivity contribution in [3.63, 3.8) is 0 Å². The standard InChI is InChI=1S/C39H48N6O6S2/c1-23-44-45-38(53-23)52-22-31(47)42-35(39(2,3)4)37(50)41-29(19-24-11-7-6-8-12-24)34(48)33(40-21-25-15-17-27(51-5)18-16-25)36(49)43-32-28-14-10-9-13-26(28)20-30(32)46/h6-18,29-30,32-35,40,46,48H,19-22H2,1-5H3,(H,41,50)(H,42,47)(H,43,49)/t29-,30?,32?,33+,34-,35+/m0/s1. The van der Waals surface area contributed by atoms with E-state index in [1.54, 1.807) is 19.2 Å². The number of aliphatic hydroxyl groups excluding tert-OH is 2. The number of carbonyl (C=O) groups excluding carboxylic acids is 3. The van der Waals surface area contributed by atoms with E-state index < -0.39 is 53.6 Å². The van der Waals surface area contributed by atoms with Crippen molar-refractivity contribution in [3.05, 3.63) is 106 Å². The minimum absolute atomic E-state index is 0.0399. The number of methoxy groups -OCH3 is 1. The molecule has 14 heteroatoms. The maximum Gasteiger partial charge on any atom is 0.243 e. The topological polar surface area (TPSA) is 175 Å². The predicted molar refractivity (Wildman–Crippen MR) is 205 cm³/mol. The molecule has 0 bridgehead atoms. The number of ether oxygens (including phenoxy) is 1. The monoisotopic (exact) mass is 760 g/mol. The molecule has 3 aromatic carbocycles. The number of benzene rings is 3. The Bertz CT molecular complexity index is 1830. The summed E-state index contributed by atoms with van der Waals surface area (Å²) in [6.45, 7) is 7.58. The summed E-state index contributed by atoms with van der Waals surface area (Å²) < 4.78 is 5.94. The Morgan fingerprint density at radius 1 is 0.943 bits per heavy atom. The molecule has 0 radical (unpaired) electrons. The third-order valence-electron chi connectivity index (χ3n) is 9.12. The molecule has 0 saturated carbocycles. The van der Waals surface area contributed by atoms with Crippen LogP contribution < -0.4 is 26.0 Å². The van der Waals surface area contributed by atoms with Gasteiger partial charge in [0.05, 0.1) is 37.2 Å². The first-order valence-corrected chi connectivity index (χ1v) is 19.3. The number of nitrogens with zero attached hydrogens (tertiary/aromatic N) is 2. The van der Waals surface area contributed by atoms with Gasteiger partial charge >= 0.3 is 0 Å². The molecular formula is C39H48N6O6S2. The van der Waals surface area contributed by atoms with Crippen LogP contribution >= 0.6 is 23.1 Å². The number of hydrogen-bond donors (Lipinski definition) is 6. The highest BCUT2D eigenvalue weighted by Crippen LogP contribution is 2.31. The summed E-state index contributed by atoms with van der Waals surface area (Å²) in [4.78, 5) is 41.5. The molecule has 12 nitrogen and oxygen atoms in total. The Morgan fingerprint density at radius 3 is 2.30 bits per heavy atom. The predicted octanol–water partition coefficient (Wildman–Crippen LogP) is 3.50. The normalized spacial score (nSPS) is 17.6. The summed E-state index contributed by atoms with van der Waals surface area (Å²) in [6, 6.07) is 20.4. The largest absolute Gasteiger partial charge is 0.497 e. The van der Waals surface area contributed by atoms with Crippen LogP contribution in [-0.2, 0) is 33.8 Å². The van der Waals surface area contributed by atoms with Crippen LogP contribution in [0, 0.1) is 12.3 Å². The van der Waals surface area contributed by atoms with Gasteiger partial charge in [-0.1, -0.05) is 111 Å². The average Bonchev–Trinajstić information content (AvgIpc) is 3.70. The fourth-order valence-electron chi connectivity index (χ4n) is 6.30. The van der Waals surface area contributed by atoms with Crippen molar-refractivity contribution < 1.29 is 29.3 Å².